The highest BCUT2D eigenvalue weighted by atomic mass is 32.2. The fourth-order valence-electron chi connectivity index (χ4n) is 2.71. The third-order valence-electron chi connectivity index (χ3n) is 4.03. The Labute approximate surface area is 161 Å². The summed E-state index contributed by atoms with van der Waals surface area (Å²) in [4.78, 5) is 26.4. The number of carbonyl (C=O) groups is 2. The second-order valence-corrected chi connectivity index (χ2v) is 7.49. The Morgan fingerprint density at radius 1 is 1.38 bits per heavy atom. The van der Waals surface area contributed by atoms with Crippen LogP contribution in [0.4, 0.5) is 0 Å². The summed E-state index contributed by atoms with van der Waals surface area (Å²) in [6.45, 7) is 1.15. The van der Waals surface area contributed by atoms with Crippen LogP contribution in [0.25, 0.3) is 17.0 Å². The van der Waals surface area contributed by atoms with Gasteiger partial charge in [0.15, 0.2) is 0 Å². The molecular weight excluding hydrogens is 370 g/mol. The fourth-order valence-corrected chi connectivity index (χ4v) is 3.88. The van der Waals surface area contributed by atoms with Gasteiger partial charge in [0.1, 0.15) is 10.9 Å². The van der Waals surface area contributed by atoms with Crippen LogP contribution in [0.2, 0.25) is 0 Å². The van der Waals surface area contributed by atoms with E-state index in [4.69, 9.17) is 17.0 Å². The van der Waals surface area contributed by atoms with Crippen molar-refractivity contribution in [3.05, 3.63) is 40.9 Å². The third kappa shape index (κ3) is 3.82. The topological polar surface area (TPSA) is 63.6 Å². The van der Waals surface area contributed by atoms with Crippen LogP contribution in [-0.4, -0.2) is 52.9 Å². The zero-order valence-corrected chi connectivity index (χ0v) is 16.2. The van der Waals surface area contributed by atoms with E-state index in [0.29, 0.717) is 22.4 Å². The van der Waals surface area contributed by atoms with E-state index in [9.17, 15) is 9.59 Å². The predicted molar refractivity (Wildman–Crippen MR) is 108 cm³/mol. The van der Waals surface area contributed by atoms with Gasteiger partial charge in [0.2, 0.25) is 5.91 Å². The second kappa shape index (κ2) is 8.03. The standard InChI is InChI=1S/C18H19N3O3S2/c1-20-17(23)15(26-18(20)25)9-12-10-21(11-16(22)19-7-8-24-2)14-6-4-3-5-13(12)14/h3-6,9-10H,7-8,11H2,1-2H3,(H,19,22)/b15-9-. The molecule has 1 aromatic carbocycles. The number of thiocarbonyl (C=S) groups is 1. The zero-order valence-electron chi connectivity index (χ0n) is 14.5. The van der Waals surface area contributed by atoms with Crippen molar-refractivity contribution < 1.29 is 14.3 Å². The van der Waals surface area contributed by atoms with Crippen molar-refractivity contribution >= 4 is 57.1 Å². The molecular formula is C18H19N3O3S2. The molecule has 8 heteroatoms. The molecule has 0 spiro atoms. The van der Waals surface area contributed by atoms with Crippen LogP contribution in [0.15, 0.2) is 35.4 Å². The van der Waals surface area contributed by atoms with E-state index in [1.54, 1.807) is 14.2 Å². The lowest BCUT2D eigenvalue weighted by atomic mass is 10.1. The van der Waals surface area contributed by atoms with E-state index in [0.717, 1.165) is 16.5 Å². The third-order valence-corrected chi connectivity index (χ3v) is 5.52. The number of ether oxygens (including phenoxy) is 1. The highest BCUT2D eigenvalue weighted by Crippen LogP contribution is 2.33. The van der Waals surface area contributed by atoms with Gasteiger partial charge in [0.25, 0.3) is 5.91 Å². The molecule has 6 nitrogen and oxygen atoms in total. The Kier molecular flexibility index (Phi) is 5.75. The number of carbonyl (C=O) groups excluding carboxylic acids is 2. The number of amides is 2. The Morgan fingerprint density at radius 3 is 2.85 bits per heavy atom. The van der Waals surface area contributed by atoms with Gasteiger partial charge in [-0.25, -0.2) is 0 Å². The Bertz CT molecular complexity index is 904. The van der Waals surface area contributed by atoms with E-state index >= 15 is 0 Å². The maximum Gasteiger partial charge on any atom is 0.265 e. The first-order chi connectivity index (χ1) is 12.5. The monoisotopic (exact) mass is 389 g/mol. The van der Waals surface area contributed by atoms with E-state index in [1.165, 1.54) is 16.7 Å². The number of hydrogen-bond acceptors (Lipinski definition) is 5. The molecule has 1 aliphatic heterocycles. The van der Waals surface area contributed by atoms with E-state index in [-0.39, 0.29) is 18.4 Å². The number of aromatic nitrogens is 1. The zero-order chi connectivity index (χ0) is 18.7. The molecule has 0 aliphatic carbocycles. The highest BCUT2D eigenvalue weighted by molar-refractivity contribution is 8.26. The first-order valence-corrected chi connectivity index (χ1v) is 9.29. The average molecular weight is 390 g/mol. The van der Waals surface area contributed by atoms with Crippen LogP contribution in [-0.2, 0) is 20.9 Å². The highest BCUT2D eigenvalue weighted by Gasteiger charge is 2.29. The first kappa shape index (κ1) is 18.6. The van der Waals surface area contributed by atoms with Gasteiger partial charge in [-0.05, 0) is 12.1 Å². The molecule has 2 heterocycles. The van der Waals surface area contributed by atoms with Gasteiger partial charge >= 0.3 is 0 Å². The van der Waals surface area contributed by atoms with Crippen molar-refractivity contribution in [1.82, 2.24) is 14.8 Å². The maximum atomic E-state index is 12.3. The first-order valence-electron chi connectivity index (χ1n) is 8.06. The van der Waals surface area contributed by atoms with Crippen molar-refractivity contribution in [2.24, 2.45) is 0 Å². The van der Waals surface area contributed by atoms with E-state index in [2.05, 4.69) is 5.32 Å². The number of rotatable bonds is 6. The molecule has 1 aromatic heterocycles. The number of benzene rings is 1. The van der Waals surface area contributed by atoms with Crippen LogP contribution in [0.1, 0.15) is 5.56 Å². The van der Waals surface area contributed by atoms with Gasteiger partial charge in [-0.15, -0.1) is 0 Å². The van der Waals surface area contributed by atoms with Gasteiger partial charge in [0, 0.05) is 43.4 Å². The van der Waals surface area contributed by atoms with E-state index in [1.807, 2.05) is 41.1 Å². The minimum Gasteiger partial charge on any atom is -0.383 e. The summed E-state index contributed by atoms with van der Waals surface area (Å²) < 4.78 is 7.37. The molecule has 136 valence electrons. The van der Waals surface area contributed by atoms with Crippen molar-refractivity contribution in [2.45, 2.75) is 6.54 Å². The number of nitrogens with zero attached hydrogens (tertiary/aromatic N) is 2. The molecule has 0 bridgehead atoms. The largest absolute Gasteiger partial charge is 0.383 e. The summed E-state index contributed by atoms with van der Waals surface area (Å²) >= 11 is 6.47. The number of hydrogen-bond donors (Lipinski definition) is 1. The summed E-state index contributed by atoms with van der Waals surface area (Å²) in [6, 6.07) is 7.80. The van der Waals surface area contributed by atoms with Crippen LogP contribution < -0.4 is 5.32 Å². The summed E-state index contributed by atoms with van der Waals surface area (Å²) in [5.74, 6) is -0.191. The second-order valence-electron chi connectivity index (χ2n) is 5.81. The minimum atomic E-state index is -0.103. The number of nitrogens with one attached hydrogen (secondary N) is 1. The summed E-state index contributed by atoms with van der Waals surface area (Å²) in [7, 11) is 3.27. The Balaban J connectivity index is 1.90. The number of thioether (sulfide) groups is 1. The van der Waals surface area contributed by atoms with Gasteiger partial charge in [-0.3, -0.25) is 14.5 Å². The normalized spacial score (nSPS) is 16.1. The molecule has 1 aliphatic rings. The molecule has 0 radical (unpaired) electrons. The molecule has 1 fully saturated rings. The summed E-state index contributed by atoms with van der Waals surface area (Å²) in [5.41, 5.74) is 1.83. The predicted octanol–water partition coefficient (Wildman–Crippen LogP) is 2.23. The number of methoxy groups -OCH3 is 1. The quantitative estimate of drug-likeness (QED) is 0.466. The number of para-hydroxylation sites is 1. The SMILES string of the molecule is COCCNC(=O)Cn1cc(/C=C2\SC(=S)N(C)C2=O)c2ccccc21. The molecule has 0 atom stereocenters. The number of likely N-dealkylation sites (N-methyl/N-ethyl adjacent to an activating group) is 1. The minimum absolute atomic E-state index is 0.0887. The fraction of sp³-hybridized carbons (Fsp3) is 0.278. The molecule has 2 amide bonds. The van der Waals surface area contributed by atoms with Crippen LogP contribution in [0.3, 0.4) is 0 Å². The summed E-state index contributed by atoms with van der Waals surface area (Å²) in [6.07, 6.45) is 3.73. The molecule has 0 unspecified atom stereocenters. The maximum absolute atomic E-state index is 12.3. The summed E-state index contributed by atoms with van der Waals surface area (Å²) in [5, 5.41) is 3.80. The molecule has 2 aromatic rings. The Morgan fingerprint density at radius 2 is 2.15 bits per heavy atom. The van der Waals surface area contributed by atoms with Crippen molar-refractivity contribution in [2.75, 3.05) is 27.3 Å². The van der Waals surface area contributed by atoms with Gasteiger partial charge in [0.05, 0.1) is 11.5 Å². The lowest BCUT2D eigenvalue weighted by Gasteiger charge is -2.06. The van der Waals surface area contributed by atoms with Gasteiger partial charge in [-0.2, -0.15) is 0 Å². The molecule has 3 rings (SSSR count). The molecule has 26 heavy (non-hydrogen) atoms. The Hall–Kier alpha value is -2.16. The van der Waals surface area contributed by atoms with Crippen LogP contribution in [0, 0.1) is 0 Å². The van der Waals surface area contributed by atoms with Crippen molar-refractivity contribution in [1.29, 1.82) is 0 Å². The number of fused-ring (bicyclic) bond motifs is 1. The average Bonchev–Trinajstić information content (AvgIpc) is 3.08. The molecule has 0 saturated carbocycles. The van der Waals surface area contributed by atoms with Crippen LogP contribution >= 0.6 is 24.0 Å². The van der Waals surface area contributed by atoms with Gasteiger partial charge in [-0.1, -0.05) is 42.2 Å². The van der Waals surface area contributed by atoms with E-state index < -0.39 is 0 Å². The van der Waals surface area contributed by atoms with Gasteiger partial charge < -0.3 is 14.6 Å². The van der Waals surface area contributed by atoms with Crippen molar-refractivity contribution in [3.63, 3.8) is 0 Å². The smallest absolute Gasteiger partial charge is 0.265 e. The molecule has 1 saturated heterocycles. The lowest BCUT2D eigenvalue weighted by Crippen LogP contribution is -2.30. The van der Waals surface area contributed by atoms with Crippen LogP contribution in [0.5, 0.6) is 0 Å². The van der Waals surface area contributed by atoms with Crippen molar-refractivity contribution in [3.8, 4) is 0 Å². The lowest BCUT2D eigenvalue weighted by molar-refractivity contribution is -0.122. The molecule has 1 N–H and O–H groups in total.